The Labute approximate surface area is 181 Å². The monoisotopic (exact) mass is 434 g/mol. The number of likely N-dealkylation sites (tertiary alicyclic amines) is 1. The van der Waals surface area contributed by atoms with Crippen LogP contribution in [0.4, 0.5) is 0 Å². The number of guanidine groups is 1. The molecule has 31 heavy (non-hydrogen) atoms. The van der Waals surface area contributed by atoms with Crippen molar-refractivity contribution >= 4 is 23.8 Å². The summed E-state index contributed by atoms with van der Waals surface area (Å²) in [6.45, 7) is 0.422. The third-order valence-electron chi connectivity index (χ3n) is 5.93. The molecule has 2 unspecified atom stereocenters. The van der Waals surface area contributed by atoms with Crippen LogP contribution in [-0.2, 0) is 20.8 Å². The van der Waals surface area contributed by atoms with E-state index in [2.05, 4.69) is 4.99 Å². The molecule has 1 amide bonds. The van der Waals surface area contributed by atoms with E-state index in [0.717, 1.165) is 5.56 Å². The summed E-state index contributed by atoms with van der Waals surface area (Å²) in [5.74, 6) is -2.98. The highest BCUT2D eigenvalue weighted by Crippen LogP contribution is 2.35. The molecule has 0 bridgehead atoms. The second-order valence-electron chi connectivity index (χ2n) is 7.92. The average molecular weight is 435 g/mol. The molecular weight excluding hydrogens is 402 g/mol. The van der Waals surface area contributed by atoms with E-state index in [1.54, 1.807) is 0 Å². The van der Waals surface area contributed by atoms with Crippen molar-refractivity contribution in [2.45, 2.75) is 56.7 Å². The van der Waals surface area contributed by atoms with E-state index in [-0.39, 0.29) is 38.3 Å². The Morgan fingerprint density at radius 1 is 1.13 bits per heavy atom. The molecule has 0 spiro atoms. The van der Waals surface area contributed by atoms with Gasteiger partial charge in [-0.05, 0) is 24.8 Å². The van der Waals surface area contributed by atoms with Crippen LogP contribution in [0.5, 0.6) is 0 Å². The Kier molecular flexibility index (Phi) is 8.52. The van der Waals surface area contributed by atoms with Gasteiger partial charge in [-0.15, -0.1) is 0 Å². The van der Waals surface area contributed by atoms with Crippen molar-refractivity contribution in [3.63, 3.8) is 0 Å². The van der Waals surface area contributed by atoms with Gasteiger partial charge < -0.3 is 27.4 Å². The van der Waals surface area contributed by atoms with Crippen molar-refractivity contribution < 1.29 is 29.1 Å². The van der Waals surface area contributed by atoms with Crippen LogP contribution in [0.25, 0.3) is 0 Å². The number of hydrogen-bond acceptors (Lipinski definition) is 5. The van der Waals surface area contributed by atoms with E-state index < -0.39 is 40.5 Å². The second-order valence-corrected chi connectivity index (χ2v) is 7.92. The summed E-state index contributed by atoms with van der Waals surface area (Å²) in [6, 6.07) is 5.98. The van der Waals surface area contributed by atoms with Crippen LogP contribution in [0.1, 0.15) is 37.7 Å². The molecule has 2 rings (SSSR count). The topological polar surface area (TPSA) is 182 Å². The molecule has 170 valence electrons. The number of carbonyl (C=O) groups is 3. The average Bonchev–Trinajstić information content (AvgIpc) is 3.17. The lowest BCUT2D eigenvalue weighted by Gasteiger charge is -2.41. The van der Waals surface area contributed by atoms with Gasteiger partial charge in [0.05, 0.1) is 6.54 Å². The molecule has 8 N–H and O–H groups in total. The maximum atomic E-state index is 13.5. The van der Waals surface area contributed by atoms with Crippen LogP contribution >= 0.6 is 0 Å². The molecule has 1 heterocycles. The summed E-state index contributed by atoms with van der Waals surface area (Å²) < 4.78 is -0.652. The Hall–Kier alpha value is -2.98. The highest BCUT2D eigenvalue weighted by molar-refractivity contribution is 5.84. The molecule has 1 saturated heterocycles. The zero-order valence-corrected chi connectivity index (χ0v) is 17.5. The first-order valence-electron chi connectivity index (χ1n) is 10.4. The normalized spacial score (nSPS) is 22.4. The van der Waals surface area contributed by atoms with Gasteiger partial charge in [0, 0.05) is 25.8 Å². The van der Waals surface area contributed by atoms with Gasteiger partial charge >= 0.3 is 17.8 Å². The summed E-state index contributed by atoms with van der Waals surface area (Å²) in [5, 5.41) is 19.9. The highest BCUT2D eigenvalue weighted by Gasteiger charge is 2.59. The number of carbonyl (C=O) groups excluding carboxylic acids is 1. The van der Waals surface area contributed by atoms with Crippen LogP contribution < -0.4 is 17.2 Å². The molecule has 4 atom stereocenters. The number of aliphatic imine (C=N–C) groups is 1. The van der Waals surface area contributed by atoms with Crippen molar-refractivity contribution in [1.29, 1.82) is 0 Å². The van der Waals surface area contributed by atoms with E-state index in [1.165, 1.54) is 0 Å². The lowest BCUT2D eigenvalue weighted by molar-refractivity contribution is -0.875. The van der Waals surface area contributed by atoms with Crippen molar-refractivity contribution in [3.8, 4) is 0 Å². The Morgan fingerprint density at radius 2 is 1.81 bits per heavy atom. The molecule has 0 aromatic heterocycles. The fourth-order valence-electron chi connectivity index (χ4n) is 4.49. The molecule has 0 radical (unpaired) electrons. The number of rotatable bonds is 11. The zero-order valence-electron chi connectivity index (χ0n) is 17.5. The van der Waals surface area contributed by atoms with Crippen molar-refractivity contribution in [3.05, 3.63) is 35.9 Å². The molecule has 0 aliphatic carbocycles. The number of nitrogens with zero attached hydrogens (tertiary/aromatic N) is 2. The van der Waals surface area contributed by atoms with Gasteiger partial charge in [-0.25, -0.2) is 18.9 Å². The summed E-state index contributed by atoms with van der Waals surface area (Å²) in [4.78, 5) is 41.7. The molecule has 1 aliphatic rings. The van der Waals surface area contributed by atoms with Crippen LogP contribution in [0.3, 0.4) is 0 Å². The Balaban J connectivity index is 2.30. The maximum absolute atomic E-state index is 13.5. The summed E-state index contributed by atoms with van der Waals surface area (Å²) >= 11 is 0. The smallest absolute Gasteiger partial charge is 0.363 e. The number of carboxylic acids is 2. The number of quaternary nitrogens is 1. The van der Waals surface area contributed by atoms with Gasteiger partial charge in [-0.2, -0.15) is 0 Å². The fraction of sp³-hybridized carbons (Fsp3) is 0.524. The highest BCUT2D eigenvalue weighted by atomic mass is 16.4. The maximum Gasteiger partial charge on any atom is 0.363 e. The molecule has 1 fully saturated rings. The number of hydrogen-bond donors (Lipinski definition) is 5. The number of benzene rings is 1. The van der Waals surface area contributed by atoms with Crippen molar-refractivity contribution in [2.75, 3.05) is 13.1 Å². The molecule has 1 aromatic carbocycles. The first-order chi connectivity index (χ1) is 14.7. The molecule has 10 heteroatoms. The third-order valence-corrected chi connectivity index (χ3v) is 5.93. The molecule has 0 saturated carbocycles. The van der Waals surface area contributed by atoms with Crippen LogP contribution in [0, 0.1) is 0 Å². The van der Waals surface area contributed by atoms with E-state index in [9.17, 15) is 24.6 Å². The minimum atomic E-state index is -1.19. The Morgan fingerprint density at radius 3 is 2.39 bits per heavy atom. The van der Waals surface area contributed by atoms with Gasteiger partial charge in [0.1, 0.15) is 6.04 Å². The van der Waals surface area contributed by atoms with Crippen LogP contribution in [-0.4, -0.2) is 69.7 Å². The van der Waals surface area contributed by atoms with E-state index >= 15 is 0 Å². The minimum absolute atomic E-state index is 0.0688. The number of carboxylic acid groups (broad SMARTS) is 2. The zero-order chi connectivity index (χ0) is 23.0. The van der Waals surface area contributed by atoms with Gasteiger partial charge in [0.15, 0.2) is 18.0 Å². The number of aryl methyl sites for hydroxylation is 1. The second kappa shape index (κ2) is 10.9. The molecular formula is C21H32N5O5+. The van der Waals surface area contributed by atoms with Crippen LogP contribution in [0.2, 0.25) is 0 Å². The van der Waals surface area contributed by atoms with E-state index in [1.807, 2.05) is 30.3 Å². The standard InChI is InChI=1S/C21H31N5O5/c22-15(8-4-12-25-21(23)24)18(27)26(13-5-9-16(26)19(28)29)17(20(30)31)11-10-14-6-2-1-3-7-14/h1-3,6-7,15-17H,4-5,8-13,22H2,(H5-,23,24,25,28,29,30,31)/p+1/t15-,16-,17?,26?/m0/s1. The van der Waals surface area contributed by atoms with E-state index in [4.69, 9.17) is 17.2 Å². The first kappa shape index (κ1) is 24.3. The number of nitrogens with two attached hydrogens (primary N) is 3. The lowest BCUT2D eigenvalue weighted by Crippen LogP contribution is -2.69. The van der Waals surface area contributed by atoms with Gasteiger partial charge in [-0.3, -0.25) is 4.99 Å². The minimum Gasteiger partial charge on any atom is -0.477 e. The largest absolute Gasteiger partial charge is 0.477 e. The Bertz CT molecular complexity index is 812. The van der Waals surface area contributed by atoms with Gasteiger partial charge in [0.2, 0.25) is 0 Å². The predicted octanol–water partition coefficient (Wildman–Crippen LogP) is 0.0437. The quantitative estimate of drug-likeness (QED) is 0.140. The van der Waals surface area contributed by atoms with E-state index in [0.29, 0.717) is 19.3 Å². The lowest BCUT2D eigenvalue weighted by atomic mass is 9.97. The van der Waals surface area contributed by atoms with Crippen molar-refractivity contribution in [1.82, 2.24) is 0 Å². The number of amides is 1. The molecule has 10 nitrogen and oxygen atoms in total. The molecule has 1 aromatic rings. The number of aliphatic carboxylic acids is 2. The summed E-state index contributed by atoms with van der Waals surface area (Å²) in [6.07, 6.45) is 1.87. The third kappa shape index (κ3) is 5.80. The first-order valence-corrected chi connectivity index (χ1v) is 10.4. The van der Waals surface area contributed by atoms with Crippen molar-refractivity contribution in [2.24, 2.45) is 22.2 Å². The van der Waals surface area contributed by atoms with Gasteiger partial charge in [-0.1, -0.05) is 30.3 Å². The molecule has 1 aliphatic heterocycles. The van der Waals surface area contributed by atoms with Gasteiger partial charge in [0.25, 0.3) is 0 Å². The summed E-state index contributed by atoms with van der Waals surface area (Å²) in [7, 11) is 0. The fourth-order valence-corrected chi connectivity index (χ4v) is 4.49. The SMILES string of the molecule is NC(N)=NCCC[C@H](N)C(=O)[N+]1(C(CCc2ccccc2)C(=O)O)CCC[C@H]1C(=O)O. The predicted molar refractivity (Wildman–Crippen MR) is 115 cm³/mol. The van der Waals surface area contributed by atoms with Crippen LogP contribution in [0.15, 0.2) is 35.3 Å². The summed E-state index contributed by atoms with van der Waals surface area (Å²) in [5.41, 5.74) is 17.7.